The number of hydrogen-bond acceptors (Lipinski definition) is 5. The fourth-order valence-electron chi connectivity index (χ4n) is 1.74. The highest BCUT2D eigenvalue weighted by Gasteiger charge is 2.08. The molecular formula is C14H15N3O3. The SMILES string of the molecule is COc1cccc(CN(C)c2ncc(C(=O)O)cn2)c1. The van der Waals surface area contributed by atoms with Crippen LogP contribution in [-0.2, 0) is 6.54 Å². The summed E-state index contributed by atoms with van der Waals surface area (Å²) in [4.78, 5) is 20.7. The summed E-state index contributed by atoms with van der Waals surface area (Å²) in [6.07, 6.45) is 2.60. The van der Waals surface area contributed by atoms with Gasteiger partial charge in [-0.05, 0) is 17.7 Å². The summed E-state index contributed by atoms with van der Waals surface area (Å²) in [5.41, 5.74) is 1.13. The second-order valence-corrected chi connectivity index (χ2v) is 4.28. The van der Waals surface area contributed by atoms with E-state index in [-0.39, 0.29) is 5.56 Å². The highest BCUT2D eigenvalue weighted by molar-refractivity contribution is 5.86. The molecule has 0 aliphatic heterocycles. The normalized spacial score (nSPS) is 10.1. The lowest BCUT2D eigenvalue weighted by Crippen LogP contribution is -2.19. The smallest absolute Gasteiger partial charge is 0.338 e. The number of benzene rings is 1. The van der Waals surface area contributed by atoms with Crippen molar-refractivity contribution in [3.05, 3.63) is 47.8 Å². The number of methoxy groups -OCH3 is 1. The summed E-state index contributed by atoms with van der Waals surface area (Å²) >= 11 is 0. The van der Waals surface area contributed by atoms with Gasteiger partial charge in [-0.15, -0.1) is 0 Å². The average molecular weight is 273 g/mol. The Morgan fingerprint density at radius 1 is 1.35 bits per heavy atom. The van der Waals surface area contributed by atoms with Gasteiger partial charge in [-0.25, -0.2) is 14.8 Å². The van der Waals surface area contributed by atoms with Crippen LogP contribution in [0.25, 0.3) is 0 Å². The first-order chi connectivity index (χ1) is 9.60. The van der Waals surface area contributed by atoms with E-state index in [1.807, 2.05) is 36.2 Å². The standard InChI is InChI=1S/C14H15N3O3/c1-17(9-10-4-3-5-12(6-10)20-2)14-15-7-11(8-16-14)13(18)19/h3-8H,9H2,1-2H3,(H,18,19). The van der Waals surface area contributed by atoms with Crippen molar-refractivity contribution in [2.24, 2.45) is 0 Å². The zero-order chi connectivity index (χ0) is 14.5. The lowest BCUT2D eigenvalue weighted by Gasteiger charge is -2.17. The predicted molar refractivity (Wildman–Crippen MR) is 74.1 cm³/mol. The van der Waals surface area contributed by atoms with Crippen molar-refractivity contribution in [1.29, 1.82) is 0 Å². The topological polar surface area (TPSA) is 75.5 Å². The van der Waals surface area contributed by atoms with Crippen LogP contribution >= 0.6 is 0 Å². The van der Waals surface area contributed by atoms with E-state index in [2.05, 4.69) is 9.97 Å². The Hall–Kier alpha value is -2.63. The number of aromatic nitrogens is 2. The Morgan fingerprint density at radius 3 is 2.65 bits per heavy atom. The molecule has 0 atom stereocenters. The minimum Gasteiger partial charge on any atom is -0.497 e. The first-order valence-corrected chi connectivity index (χ1v) is 5.99. The van der Waals surface area contributed by atoms with Crippen molar-refractivity contribution in [1.82, 2.24) is 9.97 Å². The lowest BCUT2D eigenvalue weighted by molar-refractivity contribution is 0.0696. The van der Waals surface area contributed by atoms with Crippen LogP contribution in [0.3, 0.4) is 0 Å². The van der Waals surface area contributed by atoms with E-state index in [1.54, 1.807) is 7.11 Å². The highest BCUT2D eigenvalue weighted by atomic mass is 16.5. The summed E-state index contributed by atoms with van der Waals surface area (Å²) in [6, 6.07) is 7.70. The third-order valence-electron chi connectivity index (χ3n) is 2.78. The van der Waals surface area contributed by atoms with E-state index in [1.165, 1.54) is 12.4 Å². The predicted octanol–water partition coefficient (Wildman–Crippen LogP) is 1.82. The van der Waals surface area contributed by atoms with Gasteiger partial charge in [-0.1, -0.05) is 12.1 Å². The van der Waals surface area contributed by atoms with Crippen molar-refractivity contribution in [3.63, 3.8) is 0 Å². The van der Waals surface area contributed by atoms with Crippen LogP contribution in [0, 0.1) is 0 Å². The maximum absolute atomic E-state index is 10.7. The van der Waals surface area contributed by atoms with Gasteiger partial charge in [-0.2, -0.15) is 0 Å². The minimum absolute atomic E-state index is 0.0727. The average Bonchev–Trinajstić information content (AvgIpc) is 2.47. The van der Waals surface area contributed by atoms with Crippen LogP contribution in [0.1, 0.15) is 15.9 Å². The van der Waals surface area contributed by atoms with Gasteiger partial charge in [0, 0.05) is 26.0 Å². The zero-order valence-electron chi connectivity index (χ0n) is 11.3. The molecule has 20 heavy (non-hydrogen) atoms. The number of carbonyl (C=O) groups is 1. The van der Waals surface area contributed by atoms with Crippen LogP contribution in [0.4, 0.5) is 5.95 Å². The Morgan fingerprint density at radius 2 is 2.05 bits per heavy atom. The molecule has 1 heterocycles. The number of carboxylic acid groups (broad SMARTS) is 1. The van der Waals surface area contributed by atoms with Crippen molar-refractivity contribution < 1.29 is 14.6 Å². The fraction of sp³-hybridized carbons (Fsp3) is 0.214. The van der Waals surface area contributed by atoms with E-state index >= 15 is 0 Å². The highest BCUT2D eigenvalue weighted by Crippen LogP contribution is 2.15. The van der Waals surface area contributed by atoms with Gasteiger partial charge in [0.15, 0.2) is 0 Å². The number of aromatic carboxylic acids is 1. The van der Waals surface area contributed by atoms with E-state index in [9.17, 15) is 4.79 Å². The number of ether oxygens (including phenoxy) is 1. The molecule has 1 N–H and O–H groups in total. The second-order valence-electron chi connectivity index (χ2n) is 4.28. The maximum atomic E-state index is 10.7. The molecule has 2 rings (SSSR count). The molecule has 0 radical (unpaired) electrons. The third kappa shape index (κ3) is 3.23. The van der Waals surface area contributed by atoms with Crippen molar-refractivity contribution in [2.45, 2.75) is 6.54 Å². The Labute approximate surface area is 116 Å². The molecular weight excluding hydrogens is 258 g/mol. The minimum atomic E-state index is -1.04. The Kier molecular flexibility index (Phi) is 4.14. The first-order valence-electron chi connectivity index (χ1n) is 5.99. The molecule has 0 amide bonds. The van der Waals surface area contributed by atoms with Gasteiger partial charge in [0.05, 0.1) is 12.7 Å². The van der Waals surface area contributed by atoms with Crippen LogP contribution in [0.2, 0.25) is 0 Å². The molecule has 104 valence electrons. The van der Waals surface area contributed by atoms with Gasteiger partial charge in [-0.3, -0.25) is 0 Å². The molecule has 0 aliphatic rings. The van der Waals surface area contributed by atoms with E-state index in [0.29, 0.717) is 12.5 Å². The Bertz CT molecular complexity index is 599. The lowest BCUT2D eigenvalue weighted by atomic mass is 10.2. The molecule has 0 saturated carbocycles. The molecule has 1 aromatic heterocycles. The largest absolute Gasteiger partial charge is 0.497 e. The van der Waals surface area contributed by atoms with Crippen molar-refractivity contribution in [3.8, 4) is 5.75 Å². The molecule has 6 nitrogen and oxygen atoms in total. The molecule has 0 spiro atoms. The molecule has 2 aromatic rings. The van der Waals surface area contributed by atoms with Crippen molar-refractivity contribution in [2.75, 3.05) is 19.1 Å². The molecule has 0 bridgehead atoms. The van der Waals surface area contributed by atoms with E-state index in [4.69, 9.17) is 9.84 Å². The molecule has 0 aliphatic carbocycles. The molecule has 6 heteroatoms. The molecule has 0 unspecified atom stereocenters. The summed E-state index contributed by atoms with van der Waals surface area (Å²) in [7, 11) is 3.46. The number of nitrogens with zero attached hydrogens (tertiary/aromatic N) is 3. The van der Waals surface area contributed by atoms with Gasteiger partial charge < -0.3 is 14.7 Å². The summed E-state index contributed by atoms with van der Waals surface area (Å²) < 4.78 is 5.17. The fourth-order valence-corrected chi connectivity index (χ4v) is 1.74. The number of hydrogen-bond donors (Lipinski definition) is 1. The van der Waals surface area contributed by atoms with Gasteiger partial charge >= 0.3 is 5.97 Å². The van der Waals surface area contributed by atoms with Gasteiger partial charge in [0.2, 0.25) is 5.95 Å². The third-order valence-corrected chi connectivity index (χ3v) is 2.78. The van der Waals surface area contributed by atoms with E-state index < -0.39 is 5.97 Å². The van der Waals surface area contributed by atoms with Gasteiger partial charge in [0.1, 0.15) is 5.75 Å². The van der Waals surface area contributed by atoms with Crippen LogP contribution in [-0.4, -0.2) is 35.2 Å². The maximum Gasteiger partial charge on any atom is 0.338 e. The monoisotopic (exact) mass is 273 g/mol. The van der Waals surface area contributed by atoms with E-state index in [0.717, 1.165) is 11.3 Å². The van der Waals surface area contributed by atoms with Crippen molar-refractivity contribution >= 4 is 11.9 Å². The quantitative estimate of drug-likeness (QED) is 0.895. The summed E-state index contributed by atoms with van der Waals surface area (Å²) in [5, 5.41) is 8.80. The summed E-state index contributed by atoms with van der Waals surface area (Å²) in [5.74, 6) is 0.225. The molecule has 1 aromatic carbocycles. The second kappa shape index (κ2) is 6.01. The van der Waals surface area contributed by atoms with Crippen LogP contribution in [0.5, 0.6) is 5.75 Å². The molecule has 0 saturated heterocycles. The molecule has 0 fully saturated rings. The van der Waals surface area contributed by atoms with Crippen LogP contribution < -0.4 is 9.64 Å². The van der Waals surface area contributed by atoms with Crippen LogP contribution in [0.15, 0.2) is 36.7 Å². The zero-order valence-corrected chi connectivity index (χ0v) is 11.3. The first kappa shape index (κ1) is 13.8. The summed E-state index contributed by atoms with van der Waals surface area (Å²) in [6.45, 7) is 0.601. The number of anilines is 1. The number of rotatable bonds is 5. The van der Waals surface area contributed by atoms with Gasteiger partial charge in [0.25, 0.3) is 0 Å². The number of carboxylic acids is 1. The Balaban J connectivity index is 2.10.